The fourth-order valence-electron chi connectivity index (χ4n) is 2.80. The number of amides is 1. The van der Waals surface area contributed by atoms with Gasteiger partial charge in [0.2, 0.25) is 0 Å². The molecule has 6 heteroatoms. The average molecular weight is 355 g/mol. The lowest BCUT2D eigenvalue weighted by molar-refractivity contribution is 0.103. The molecule has 0 radical (unpaired) electrons. The Kier molecular flexibility index (Phi) is 5.79. The molecule has 2 N–H and O–H groups in total. The van der Waals surface area contributed by atoms with Gasteiger partial charge in [-0.3, -0.25) is 4.79 Å². The van der Waals surface area contributed by atoms with Crippen LogP contribution in [0.3, 0.4) is 0 Å². The van der Waals surface area contributed by atoms with Crippen molar-refractivity contribution in [2.75, 3.05) is 11.9 Å². The third-order valence-electron chi connectivity index (χ3n) is 4.08. The lowest BCUT2D eigenvalue weighted by atomic mass is 9.99. The van der Waals surface area contributed by atoms with Crippen LogP contribution in [0.15, 0.2) is 18.2 Å². The number of hydrogen-bond donors (Lipinski definition) is 2. The first-order valence-electron chi connectivity index (χ1n) is 7.51. The van der Waals surface area contributed by atoms with Gasteiger partial charge in [0.25, 0.3) is 5.91 Å². The van der Waals surface area contributed by atoms with Crippen LogP contribution in [0.1, 0.15) is 38.2 Å². The number of carbonyl (C=O) groups excluding carboxylic acids is 1. The highest BCUT2D eigenvalue weighted by Crippen LogP contribution is 2.27. The molecule has 0 spiro atoms. The second-order valence-electron chi connectivity index (χ2n) is 5.49. The van der Waals surface area contributed by atoms with Crippen LogP contribution in [-0.4, -0.2) is 12.5 Å². The molecule has 23 heavy (non-hydrogen) atoms. The number of aryl methyl sites for hydroxylation is 2. The molecule has 0 saturated carbocycles. The van der Waals surface area contributed by atoms with Gasteiger partial charge in [-0.1, -0.05) is 13.0 Å². The van der Waals surface area contributed by atoms with Crippen molar-refractivity contribution in [1.82, 2.24) is 5.32 Å². The van der Waals surface area contributed by atoms with Gasteiger partial charge in [0.05, 0.1) is 10.6 Å². The van der Waals surface area contributed by atoms with E-state index >= 15 is 0 Å². The lowest BCUT2D eigenvalue weighted by Crippen LogP contribution is -2.25. The summed E-state index contributed by atoms with van der Waals surface area (Å²) < 4.78 is 14.5. The molecule has 1 aromatic carbocycles. The van der Waals surface area contributed by atoms with Crippen LogP contribution in [0.2, 0.25) is 0 Å². The van der Waals surface area contributed by atoms with E-state index in [-0.39, 0.29) is 29.8 Å². The summed E-state index contributed by atoms with van der Waals surface area (Å²) in [7, 11) is 0. The molecular formula is C17H20ClFN2OS. The first-order valence-corrected chi connectivity index (χ1v) is 8.33. The highest BCUT2D eigenvalue weighted by atomic mass is 35.5. The van der Waals surface area contributed by atoms with E-state index < -0.39 is 0 Å². The highest BCUT2D eigenvalue weighted by molar-refractivity contribution is 7.14. The summed E-state index contributed by atoms with van der Waals surface area (Å²) in [5.74, 6) is -0.531. The van der Waals surface area contributed by atoms with Gasteiger partial charge in [-0.15, -0.1) is 23.7 Å². The molecule has 3 nitrogen and oxygen atoms in total. The maximum Gasteiger partial charge on any atom is 0.265 e. The molecule has 0 aliphatic carbocycles. The third-order valence-corrected chi connectivity index (χ3v) is 5.17. The van der Waals surface area contributed by atoms with Crippen LogP contribution in [0.25, 0.3) is 0 Å². The number of nitrogens with one attached hydrogen (secondary N) is 2. The Morgan fingerprint density at radius 1 is 1.43 bits per heavy atom. The van der Waals surface area contributed by atoms with Gasteiger partial charge in [0, 0.05) is 11.4 Å². The molecule has 1 aliphatic heterocycles. The normalized spacial score (nSPS) is 13.2. The molecule has 0 fully saturated rings. The van der Waals surface area contributed by atoms with Crippen molar-refractivity contribution in [3.05, 3.63) is 50.5 Å². The largest absolute Gasteiger partial charge is 0.319 e. The summed E-state index contributed by atoms with van der Waals surface area (Å²) in [4.78, 5) is 14.1. The maximum absolute atomic E-state index is 14.5. The number of thiophene rings is 1. The van der Waals surface area contributed by atoms with Gasteiger partial charge in [-0.05, 0) is 55.1 Å². The maximum atomic E-state index is 14.5. The second kappa shape index (κ2) is 7.43. The van der Waals surface area contributed by atoms with E-state index in [0.29, 0.717) is 23.4 Å². The van der Waals surface area contributed by atoms with Gasteiger partial charge in [-0.2, -0.15) is 0 Å². The van der Waals surface area contributed by atoms with Crippen LogP contribution >= 0.6 is 23.7 Å². The molecule has 0 atom stereocenters. The van der Waals surface area contributed by atoms with Gasteiger partial charge >= 0.3 is 0 Å². The third kappa shape index (κ3) is 3.57. The number of hydrogen-bond acceptors (Lipinski definition) is 3. The first-order chi connectivity index (χ1) is 10.6. The van der Waals surface area contributed by atoms with Gasteiger partial charge in [-0.25, -0.2) is 4.39 Å². The van der Waals surface area contributed by atoms with E-state index in [4.69, 9.17) is 0 Å². The zero-order valence-electron chi connectivity index (χ0n) is 13.2. The first kappa shape index (κ1) is 17.9. The summed E-state index contributed by atoms with van der Waals surface area (Å²) in [6.07, 6.45) is 1.55. The zero-order chi connectivity index (χ0) is 15.7. The molecule has 0 saturated heterocycles. The van der Waals surface area contributed by atoms with Gasteiger partial charge < -0.3 is 10.6 Å². The molecule has 0 bridgehead atoms. The molecule has 1 amide bonds. The van der Waals surface area contributed by atoms with E-state index in [1.54, 1.807) is 6.07 Å². The minimum Gasteiger partial charge on any atom is -0.319 e. The van der Waals surface area contributed by atoms with Crippen molar-refractivity contribution in [3.8, 4) is 0 Å². The van der Waals surface area contributed by atoms with Gasteiger partial charge in [0.15, 0.2) is 0 Å². The summed E-state index contributed by atoms with van der Waals surface area (Å²) in [5, 5.41) is 5.93. The predicted molar refractivity (Wildman–Crippen MR) is 95.4 cm³/mol. The van der Waals surface area contributed by atoms with E-state index in [1.165, 1.54) is 16.9 Å². The second-order valence-corrected chi connectivity index (χ2v) is 6.75. The standard InChI is InChI=1S/C17H19FN2OS.ClH/c1-3-11-8-15(22-10(11)2)17(21)20-14-5-4-12-9-19-7-6-13(12)16(14)18;/h4-5,8,19H,3,6-7,9H2,1-2H3,(H,20,21);1H. The van der Waals surface area contributed by atoms with Crippen molar-refractivity contribution in [2.45, 2.75) is 33.2 Å². The summed E-state index contributed by atoms with van der Waals surface area (Å²) in [5.41, 5.74) is 3.14. The quantitative estimate of drug-likeness (QED) is 0.872. The topological polar surface area (TPSA) is 41.1 Å². The Labute approximate surface area is 145 Å². The Bertz CT molecular complexity index is 730. The Morgan fingerprint density at radius 2 is 2.22 bits per heavy atom. The number of halogens is 2. The van der Waals surface area contributed by atoms with Crippen molar-refractivity contribution in [1.29, 1.82) is 0 Å². The van der Waals surface area contributed by atoms with Crippen molar-refractivity contribution >= 4 is 35.3 Å². The average Bonchev–Trinajstić information content (AvgIpc) is 2.91. The smallest absolute Gasteiger partial charge is 0.265 e. The van der Waals surface area contributed by atoms with Crippen LogP contribution in [-0.2, 0) is 19.4 Å². The van der Waals surface area contributed by atoms with Crippen LogP contribution in [0, 0.1) is 12.7 Å². The van der Waals surface area contributed by atoms with E-state index in [1.807, 2.05) is 19.1 Å². The minimum absolute atomic E-state index is 0. The molecule has 0 unspecified atom stereocenters. The molecule has 2 aromatic rings. The van der Waals surface area contributed by atoms with Crippen LogP contribution in [0.5, 0.6) is 0 Å². The van der Waals surface area contributed by atoms with Crippen molar-refractivity contribution in [2.24, 2.45) is 0 Å². The van der Waals surface area contributed by atoms with Gasteiger partial charge in [0.1, 0.15) is 5.82 Å². The Hall–Kier alpha value is -1.43. The Morgan fingerprint density at radius 3 is 2.91 bits per heavy atom. The molecular weight excluding hydrogens is 335 g/mol. The minimum atomic E-state index is -0.295. The Balaban J connectivity index is 0.00000192. The molecule has 1 aromatic heterocycles. The number of anilines is 1. The van der Waals surface area contributed by atoms with Crippen molar-refractivity contribution in [3.63, 3.8) is 0 Å². The SMILES string of the molecule is CCc1cc(C(=O)Nc2ccc3c(c2F)CCNC3)sc1C.Cl. The van der Waals surface area contributed by atoms with Crippen LogP contribution in [0.4, 0.5) is 10.1 Å². The highest BCUT2D eigenvalue weighted by Gasteiger charge is 2.19. The number of carbonyl (C=O) groups is 1. The fraction of sp³-hybridized carbons (Fsp3) is 0.353. The molecule has 3 rings (SSSR count). The van der Waals surface area contributed by atoms with E-state index in [2.05, 4.69) is 17.6 Å². The van der Waals surface area contributed by atoms with E-state index in [9.17, 15) is 9.18 Å². The molecule has 124 valence electrons. The van der Waals surface area contributed by atoms with Crippen molar-refractivity contribution < 1.29 is 9.18 Å². The number of benzene rings is 1. The van der Waals surface area contributed by atoms with Crippen LogP contribution < -0.4 is 10.6 Å². The lowest BCUT2D eigenvalue weighted by Gasteiger charge is -2.19. The monoisotopic (exact) mass is 354 g/mol. The fourth-order valence-corrected chi connectivity index (χ4v) is 3.81. The van der Waals surface area contributed by atoms with E-state index in [0.717, 1.165) is 23.4 Å². The number of rotatable bonds is 3. The number of fused-ring (bicyclic) bond motifs is 1. The summed E-state index contributed by atoms with van der Waals surface area (Å²) in [6.45, 7) is 5.52. The predicted octanol–water partition coefficient (Wildman–Crippen LogP) is 4.08. The summed E-state index contributed by atoms with van der Waals surface area (Å²) in [6, 6.07) is 5.44. The zero-order valence-corrected chi connectivity index (χ0v) is 14.8. The molecule has 2 heterocycles. The molecule has 1 aliphatic rings. The summed E-state index contributed by atoms with van der Waals surface area (Å²) >= 11 is 1.46.